The van der Waals surface area contributed by atoms with Crippen LogP contribution in [-0.4, -0.2) is 47.0 Å². The van der Waals surface area contributed by atoms with Gasteiger partial charge in [0.15, 0.2) is 0 Å². The van der Waals surface area contributed by atoms with Gasteiger partial charge in [-0.1, -0.05) is 12.1 Å². The molecule has 0 saturated carbocycles. The number of nitrogens with zero attached hydrogens (tertiary/aromatic N) is 1. The quantitative estimate of drug-likeness (QED) is 0.621. The first-order valence-electron chi connectivity index (χ1n) is 7.86. The Morgan fingerprint density at radius 2 is 1.92 bits per heavy atom. The fraction of sp³-hybridized carbons (Fsp3) is 0.471. The highest BCUT2D eigenvalue weighted by Gasteiger charge is 2.66. The summed E-state index contributed by atoms with van der Waals surface area (Å²) in [6, 6.07) is 5.87. The van der Waals surface area contributed by atoms with Gasteiger partial charge in [-0.15, -0.1) is 0 Å². The number of ether oxygens (including phenoxy) is 1. The number of carbonyl (C=O) groups excluding carboxylic acids is 3. The van der Waals surface area contributed by atoms with Gasteiger partial charge >= 0.3 is 5.97 Å². The van der Waals surface area contributed by atoms with Crippen LogP contribution in [0, 0.1) is 11.8 Å². The third-order valence-corrected chi connectivity index (χ3v) is 4.96. The molecule has 0 aliphatic carbocycles. The summed E-state index contributed by atoms with van der Waals surface area (Å²) < 4.78 is 5.14. The smallest absolute Gasteiger partial charge is 0.326 e. The number of rotatable bonds is 3. The Hall–Kier alpha value is -2.41. The molecule has 2 aliphatic rings. The molecule has 2 aliphatic heterocycles. The third kappa shape index (κ3) is 2.19. The van der Waals surface area contributed by atoms with Crippen molar-refractivity contribution in [2.45, 2.75) is 25.4 Å². The highest BCUT2D eigenvalue weighted by molar-refractivity contribution is 6.09. The van der Waals surface area contributed by atoms with Gasteiger partial charge in [0, 0.05) is 13.1 Å². The van der Waals surface area contributed by atoms with Gasteiger partial charge < -0.3 is 9.84 Å². The van der Waals surface area contributed by atoms with E-state index in [4.69, 9.17) is 4.74 Å². The largest absolute Gasteiger partial charge is 0.508 e. The molecule has 2 fully saturated rings. The lowest BCUT2D eigenvalue weighted by molar-refractivity contribution is -0.155. The summed E-state index contributed by atoms with van der Waals surface area (Å²) >= 11 is 0. The fourth-order valence-electron chi connectivity index (χ4n) is 3.72. The van der Waals surface area contributed by atoms with Crippen LogP contribution in [0.25, 0.3) is 0 Å². The summed E-state index contributed by atoms with van der Waals surface area (Å²) in [5, 5.41) is 12.6. The van der Waals surface area contributed by atoms with Crippen LogP contribution in [0.3, 0.4) is 0 Å². The van der Waals surface area contributed by atoms with E-state index in [-0.39, 0.29) is 24.2 Å². The molecule has 7 heteroatoms. The van der Waals surface area contributed by atoms with Gasteiger partial charge in [0.2, 0.25) is 11.8 Å². The van der Waals surface area contributed by atoms with Crippen LogP contribution in [0.4, 0.5) is 0 Å². The Kier molecular flexibility index (Phi) is 3.83. The Bertz CT molecular complexity index is 701. The standard InChI is InChI=1S/C17H20N2O5/c1-4-24-16(23)17(2)12-11(14(21)19(3)15(12)22)13(18-17)9-5-7-10(20)8-6-9/h5-8,11-13,18,20H,4H2,1-3H3/t11-,12+,13-,17-/m1/s1. The number of aromatic hydroxyl groups is 1. The number of esters is 1. The number of amides is 2. The Morgan fingerprint density at radius 3 is 2.50 bits per heavy atom. The molecule has 0 radical (unpaired) electrons. The SMILES string of the molecule is CCOC(=O)[C@]1(C)N[C@H](c2ccc(O)cc2)[C@@H]2C(=O)N(C)C(=O)[C@H]21. The highest BCUT2D eigenvalue weighted by Crippen LogP contribution is 2.48. The van der Waals surface area contributed by atoms with Crippen LogP contribution in [-0.2, 0) is 19.1 Å². The first kappa shape index (κ1) is 16.4. The van der Waals surface area contributed by atoms with Crippen LogP contribution in [0.2, 0.25) is 0 Å². The number of fused-ring (bicyclic) bond motifs is 1. The maximum Gasteiger partial charge on any atom is 0.326 e. The van der Waals surface area contributed by atoms with E-state index in [1.807, 2.05) is 0 Å². The molecule has 2 N–H and O–H groups in total. The molecule has 128 valence electrons. The van der Waals surface area contributed by atoms with Crippen molar-refractivity contribution < 1.29 is 24.2 Å². The second-order valence-electron chi connectivity index (χ2n) is 6.38. The van der Waals surface area contributed by atoms with Crippen molar-refractivity contribution in [2.75, 3.05) is 13.7 Å². The third-order valence-electron chi connectivity index (χ3n) is 4.96. The van der Waals surface area contributed by atoms with E-state index in [1.165, 1.54) is 19.2 Å². The van der Waals surface area contributed by atoms with Gasteiger partial charge in [-0.2, -0.15) is 0 Å². The normalized spacial score (nSPS) is 32.1. The van der Waals surface area contributed by atoms with Crippen molar-refractivity contribution in [3.05, 3.63) is 29.8 Å². The molecule has 4 atom stereocenters. The number of benzene rings is 1. The van der Waals surface area contributed by atoms with Crippen LogP contribution in [0.1, 0.15) is 25.5 Å². The molecule has 2 heterocycles. The van der Waals surface area contributed by atoms with Gasteiger partial charge in [-0.3, -0.25) is 24.6 Å². The maximum absolute atomic E-state index is 12.6. The summed E-state index contributed by atoms with van der Waals surface area (Å²) in [5.74, 6) is -2.63. The molecule has 2 amide bonds. The van der Waals surface area contributed by atoms with Gasteiger partial charge in [-0.25, -0.2) is 0 Å². The van der Waals surface area contributed by atoms with Gasteiger partial charge in [0.05, 0.1) is 18.4 Å². The average Bonchev–Trinajstić information content (AvgIpc) is 2.99. The van der Waals surface area contributed by atoms with E-state index in [0.29, 0.717) is 0 Å². The number of carbonyl (C=O) groups is 3. The van der Waals surface area contributed by atoms with Crippen molar-refractivity contribution in [3.63, 3.8) is 0 Å². The van der Waals surface area contributed by atoms with Crippen molar-refractivity contribution in [3.8, 4) is 5.75 Å². The van der Waals surface area contributed by atoms with Gasteiger partial charge in [0.25, 0.3) is 0 Å². The van der Waals surface area contributed by atoms with Crippen molar-refractivity contribution >= 4 is 17.8 Å². The zero-order valence-corrected chi connectivity index (χ0v) is 13.8. The van der Waals surface area contributed by atoms with E-state index in [1.54, 1.807) is 26.0 Å². The minimum Gasteiger partial charge on any atom is -0.508 e. The monoisotopic (exact) mass is 332 g/mol. The van der Waals surface area contributed by atoms with Crippen molar-refractivity contribution in [1.82, 2.24) is 10.2 Å². The van der Waals surface area contributed by atoms with Gasteiger partial charge in [-0.05, 0) is 31.5 Å². The van der Waals surface area contributed by atoms with Crippen LogP contribution in [0.15, 0.2) is 24.3 Å². The first-order valence-corrected chi connectivity index (χ1v) is 7.86. The Balaban J connectivity index is 2.06. The molecule has 0 spiro atoms. The lowest BCUT2D eigenvalue weighted by Gasteiger charge is -2.28. The van der Waals surface area contributed by atoms with Crippen LogP contribution < -0.4 is 5.32 Å². The lowest BCUT2D eigenvalue weighted by Crippen LogP contribution is -2.53. The molecule has 0 bridgehead atoms. The number of phenols is 1. The molecule has 1 aromatic carbocycles. The molecule has 7 nitrogen and oxygen atoms in total. The van der Waals surface area contributed by atoms with E-state index in [2.05, 4.69) is 5.32 Å². The number of hydrogen-bond acceptors (Lipinski definition) is 6. The summed E-state index contributed by atoms with van der Waals surface area (Å²) in [5.41, 5.74) is -0.548. The number of hydrogen-bond donors (Lipinski definition) is 2. The average molecular weight is 332 g/mol. The van der Waals surface area contributed by atoms with Gasteiger partial charge in [0.1, 0.15) is 11.3 Å². The second kappa shape index (κ2) is 5.59. The molecule has 24 heavy (non-hydrogen) atoms. The molecule has 2 saturated heterocycles. The minimum atomic E-state index is -1.28. The predicted octanol–water partition coefficient (Wildman–Crippen LogP) is 0.589. The maximum atomic E-state index is 12.6. The molecule has 3 rings (SSSR count). The minimum absolute atomic E-state index is 0.104. The molecular weight excluding hydrogens is 312 g/mol. The Morgan fingerprint density at radius 1 is 1.29 bits per heavy atom. The first-order chi connectivity index (χ1) is 11.3. The molecule has 0 aromatic heterocycles. The number of imide groups is 1. The number of phenolic OH excluding ortho intramolecular Hbond substituents is 1. The van der Waals surface area contributed by atoms with E-state index >= 15 is 0 Å². The summed E-state index contributed by atoms with van der Waals surface area (Å²) in [6.45, 7) is 3.49. The van der Waals surface area contributed by atoms with Crippen LogP contribution >= 0.6 is 0 Å². The number of likely N-dealkylation sites (tertiary alicyclic amines) is 1. The number of nitrogens with one attached hydrogen (secondary N) is 1. The fourth-order valence-corrected chi connectivity index (χ4v) is 3.72. The van der Waals surface area contributed by atoms with E-state index < -0.39 is 29.4 Å². The zero-order valence-electron chi connectivity index (χ0n) is 13.8. The second-order valence-corrected chi connectivity index (χ2v) is 6.38. The summed E-state index contributed by atoms with van der Waals surface area (Å²) in [7, 11) is 1.43. The van der Waals surface area contributed by atoms with E-state index in [9.17, 15) is 19.5 Å². The molecular formula is C17H20N2O5. The van der Waals surface area contributed by atoms with E-state index in [0.717, 1.165) is 10.5 Å². The summed E-state index contributed by atoms with van der Waals surface area (Å²) in [4.78, 5) is 38.7. The Labute approximate surface area is 139 Å². The predicted molar refractivity (Wildman–Crippen MR) is 83.8 cm³/mol. The molecule has 0 unspecified atom stereocenters. The zero-order chi connectivity index (χ0) is 17.6. The molecule has 1 aromatic rings. The lowest BCUT2D eigenvalue weighted by atomic mass is 9.80. The van der Waals surface area contributed by atoms with Crippen molar-refractivity contribution in [2.24, 2.45) is 11.8 Å². The summed E-state index contributed by atoms with van der Waals surface area (Å²) in [6.07, 6.45) is 0. The van der Waals surface area contributed by atoms with Crippen LogP contribution in [0.5, 0.6) is 5.75 Å². The topological polar surface area (TPSA) is 95.9 Å². The highest BCUT2D eigenvalue weighted by atomic mass is 16.5. The van der Waals surface area contributed by atoms with Crippen molar-refractivity contribution in [1.29, 1.82) is 0 Å².